The molecule has 0 fully saturated rings. The molecule has 3 aromatic carbocycles. The van der Waals surface area contributed by atoms with E-state index in [1.54, 1.807) is 0 Å². The van der Waals surface area contributed by atoms with Crippen molar-refractivity contribution in [3.63, 3.8) is 0 Å². The molecule has 0 aliphatic carbocycles. The molecule has 0 saturated carbocycles. The lowest BCUT2D eigenvalue weighted by atomic mass is 9.80. The predicted molar refractivity (Wildman–Crippen MR) is 98.1 cm³/mol. The summed E-state index contributed by atoms with van der Waals surface area (Å²) in [6, 6.07) is 27.5. The fourth-order valence-corrected chi connectivity index (χ4v) is 3.40. The highest BCUT2D eigenvalue weighted by Crippen LogP contribution is 2.47. The Morgan fingerprint density at radius 1 is 0.840 bits per heavy atom. The van der Waals surface area contributed by atoms with Crippen molar-refractivity contribution in [1.29, 1.82) is 0 Å². The van der Waals surface area contributed by atoms with Crippen molar-refractivity contribution in [2.45, 2.75) is 12.5 Å². The molecule has 0 N–H and O–H groups in total. The highest BCUT2D eigenvalue weighted by molar-refractivity contribution is 6.14. The average Bonchev–Trinajstić information content (AvgIpc) is 2.98. The van der Waals surface area contributed by atoms with Gasteiger partial charge in [-0.3, -0.25) is 4.79 Å². The number of esters is 1. The number of rotatable bonds is 3. The maximum absolute atomic E-state index is 12.1. The molecule has 0 spiro atoms. The second-order valence-corrected chi connectivity index (χ2v) is 5.98. The van der Waals surface area contributed by atoms with E-state index in [0.717, 1.165) is 28.1 Å². The van der Waals surface area contributed by atoms with Crippen molar-refractivity contribution < 1.29 is 9.53 Å². The first-order valence-corrected chi connectivity index (χ1v) is 8.21. The summed E-state index contributed by atoms with van der Waals surface area (Å²) >= 11 is 0. The molecule has 1 aliphatic rings. The van der Waals surface area contributed by atoms with Crippen molar-refractivity contribution in [2.75, 3.05) is 0 Å². The van der Waals surface area contributed by atoms with E-state index in [4.69, 9.17) is 9.73 Å². The van der Waals surface area contributed by atoms with Crippen molar-refractivity contribution in [1.82, 2.24) is 0 Å². The minimum atomic E-state index is -1.04. The zero-order chi connectivity index (χ0) is 17.3. The summed E-state index contributed by atoms with van der Waals surface area (Å²) in [7, 11) is 0. The van der Waals surface area contributed by atoms with Crippen LogP contribution < -0.4 is 0 Å². The Kier molecular flexibility index (Phi) is 3.69. The molecule has 1 aliphatic heterocycles. The fourth-order valence-electron chi connectivity index (χ4n) is 3.40. The third kappa shape index (κ3) is 2.45. The maximum atomic E-state index is 12.1. The number of benzene rings is 3. The normalized spacial score (nSPS) is 18.4. The molecule has 4 rings (SSSR count). The summed E-state index contributed by atoms with van der Waals surface area (Å²) in [5, 5.41) is 0. The van der Waals surface area contributed by atoms with Gasteiger partial charge in [-0.2, -0.15) is 0 Å². The van der Waals surface area contributed by atoms with Crippen molar-refractivity contribution in [2.24, 2.45) is 4.99 Å². The monoisotopic (exact) mass is 327 g/mol. The van der Waals surface area contributed by atoms with Gasteiger partial charge in [-0.05, 0) is 6.07 Å². The van der Waals surface area contributed by atoms with Crippen molar-refractivity contribution in [3.8, 4) is 0 Å². The molecule has 122 valence electrons. The first-order valence-electron chi connectivity index (χ1n) is 8.21. The number of fused-ring (bicyclic) bond motifs is 1. The zero-order valence-corrected chi connectivity index (χ0v) is 13.8. The van der Waals surface area contributed by atoms with Gasteiger partial charge in [-0.25, -0.2) is 4.99 Å². The number of carbonyl (C=O) groups excluding carboxylic acids is 1. The Balaban J connectivity index is 2.04. The van der Waals surface area contributed by atoms with E-state index in [1.807, 2.05) is 84.9 Å². The molecular weight excluding hydrogens is 310 g/mol. The van der Waals surface area contributed by atoms with Gasteiger partial charge < -0.3 is 4.74 Å². The summed E-state index contributed by atoms with van der Waals surface area (Å²) in [6.45, 7) is 1.44. The van der Waals surface area contributed by atoms with Gasteiger partial charge in [0.1, 0.15) is 5.71 Å². The van der Waals surface area contributed by atoms with E-state index in [0.29, 0.717) is 0 Å². The van der Waals surface area contributed by atoms with Crippen LogP contribution in [0.2, 0.25) is 0 Å². The third-order valence-electron chi connectivity index (χ3n) is 4.37. The number of hydrogen-bond acceptors (Lipinski definition) is 3. The minimum Gasteiger partial charge on any atom is -0.443 e. The van der Waals surface area contributed by atoms with E-state index >= 15 is 0 Å². The fraction of sp³-hybridized carbons (Fsp3) is 0.0909. The van der Waals surface area contributed by atoms with Gasteiger partial charge in [-0.15, -0.1) is 0 Å². The Hall–Kier alpha value is -3.20. The molecule has 1 heterocycles. The summed E-state index contributed by atoms with van der Waals surface area (Å²) in [5.74, 6) is -0.343. The van der Waals surface area contributed by atoms with Crippen molar-refractivity contribution in [3.05, 3.63) is 102 Å². The lowest BCUT2D eigenvalue weighted by Gasteiger charge is -2.32. The first-order chi connectivity index (χ1) is 12.2. The molecule has 0 radical (unpaired) electrons. The largest absolute Gasteiger partial charge is 0.443 e. The van der Waals surface area contributed by atoms with E-state index in [2.05, 4.69) is 0 Å². The smallest absolute Gasteiger partial charge is 0.304 e. The van der Waals surface area contributed by atoms with Crippen LogP contribution >= 0.6 is 0 Å². The Labute approximate surface area is 146 Å². The molecule has 0 aromatic heterocycles. The van der Waals surface area contributed by atoms with Crippen LogP contribution in [0.1, 0.15) is 23.6 Å². The molecule has 1 atom stereocenters. The number of ether oxygens (including phenoxy) is 1. The van der Waals surface area contributed by atoms with E-state index in [1.165, 1.54) is 6.92 Å². The maximum Gasteiger partial charge on any atom is 0.304 e. The lowest BCUT2D eigenvalue weighted by molar-refractivity contribution is -0.148. The van der Waals surface area contributed by atoms with Gasteiger partial charge in [0.05, 0.1) is 5.69 Å². The first kappa shape index (κ1) is 15.3. The highest BCUT2D eigenvalue weighted by atomic mass is 16.6. The SMILES string of the molecule is CC(=O)OC1(c2ccccc2)C(c2ccccc2)=Nc2ccccc21. The predicted octanol–water partition coefficient (Wildman–Crippen LogP) is 4.63. The molecule has 0 saturated heterocycles. The second kappa shape index (κ2) is 6.02. The molecule has 0 amide bonds. The molecule has 3 heteroatoms. The summed E-state index contributed by atoms with van der Waals surface area (Å²) in [4.78, 5) is 16.9. The minimum absolute atomic E-state index is 0.343. The molecule has 3 aromatic rings. The molecule has 25 heavy (non-hydrogen) atoms. The summed E-state index contributed by atoms with van der Waals surface area (Å²) < 4.78 is 6.01. The quantitative estimate of drug-likeness (QED) is 0.658. The van der Waals surface area contributed by atoms with Crippen LogP contribution in [-0.2, 0) is 15.1 Å². The average molecular weight is 327 g/mol. The molecular formula is C22H17NO2. The van der Waals surface area contributed by atoms with Crippen LogP contribution in [0.25, 0.3) is 0 Å². The molecule has 0 bridgehead atoms. The Bertz CT molecular complexity index is 948. The van der Waals surface area contributed by atoms with E-state index in [9.17, 15) is 4.79 Å². The van der Waals surface area contributed by atoms with Gasteiger partial charge in [0.15, 0.2) is 0 Å². The Morgan fingerprint density at radius 3 is 2.12 bits per heavy atom. The number of hydrogen-bond donors (Lipinski definition) is 0. The van der Waals surface area contributed by atoms with Crippen LogP contribution in [0.15, 0.2) is 89.9 Å². The van der Waals surface area contributed by atoms with Gasteiger partial charge in [0.25, 0.3) is 0 Å². The summed E-state index contributed by atoms with van der Waals surface area (Å²) in [5.41, 5.74) is 3.23. The van der Waals surface area contributed by atoms with Crippen LogP contribution in [-0.4, -0.2) is 11.7 Å². The number of nitrogens with zero attached hydrogens (tertiary/aromatic N) is 1. The van der Waals surface area contributed by atoms with Gasteiger partial charge in [-0.1, -0.05) is 78.9 Å². The van der Waals surface area contributed by atoms with Crippen LogP contribution in [0.5, 0.6) is 0 Å². The highest BCUT2D eigenvalue weighted by Gasteiger charge is 2.48. The third-order valence-corrected chi connectivity index (χ3v) is 4.37. The second-order valence-electron chi connectivity index (χ2n) is 5.98. The number of carbonyl (C=O) groups is 1. The van der Waals surface area contributed by atoms with E-state index < -0.39 is 5.60 Å². The van der Waals surface area contributed by atoms with Gasteiger partial charge in [0.2, 0.25) is 5.60 Å². The molecule has 1 unspecified atom stereocenters. The van der Waals surface area contributed by atoms with Gasteiger partial charge in [0, 0.05) is 23.6 Å². The van der Waals surface area contributed by atoms with E-state index in [-0.39, 0.29) is 5.97 Å². The van der Waals surface area contributed by atoms with Crippen molar-refractivity contribution >= 4 is 17.4 Å². The Morgan fingerprint density at radius 2 is 1.44 bits per heavy atom. The van der Waals surface area contributed by atoms with Crippen LogP contribution in [0.4, 0.5) is 5.69 Å². The zero-order valence-electron chi connectivity index (χ0n) is 13.8. The number of para-hydroxylation sites is 1. The van der Waals surface area contributed by atoms with Crippen LogP contribution in [0, 0.1) is 0 Å². The standard InChI is InChI=1S/C22H17NO2/c1-16(24)25-22(18-12-6-3-7-13-18)19-14-8-9-15-20(19)23-21(22)17-10-4-2-5-11-17/h2-15H,1H3. The lowest BCUT2D eigenvalue weighted by Crippen LogP contribution is -2.39. The topological polar surface area (TPSA) is 38.7 Å². The number of aliphatic imine (C=N–C) groups is 1. The molecule has 3 nitrogen and oxygen atoms in total. The van der Waals surface area contributed by atoms with Gasteiger partial charge >= 0.3 is 5.97 Å². The van der Waals surface area contributed by atoms with Crippen LogP contribution in [0.3, 0.4) is 0 Å². The summed E-state index contributed by atoms with van der Waals surface area (Å²) in [6.07, 6.45) is 0.